The average molecular weight is 541 g/mol. The number of aromatic nitrogens is 1. The molecule has 0 saturated carbocycles. The quantitative estimate of drug-likeness (QED) is 0.225. The maximum Gasteiger partial charge on any atom is 0.325 e. The summed E-state index contributed by atoms with van der Waals surface area (Å²) in [6.07, 6.45) is 3.85. The third-order valence-electron chi connectivity index (χ3n) is 7.06. The monoisotopic (exact) mass is 540 g/mol. The number of nitrogens with zero attached hydrogens (tertiary/aromatic N) is 2. The highest BCUT2D eigenvalue weighted by Gasteiger charge is 2.29. The number of fused-ring (bicyclic) bond motifs is 1. The zero-order valence-electron chi connectivity index (χ0n) is 21.6. The van der Waals surface area contributed by atoms with Crippen LogP contribution in [0.2, 0.25) is 5.02 Å². The van der Waals surface area contributed by atoms with Crippen LogP contribution in [0.4, 0.5) is 4.39 Å². The van der Waals surface area contributed by atoms with Gasteiger partial charge in [0.25, 0.3) is 5.91 Å². The number of ether oxygens (including phenoxy) is 1. The van der Waals surface area contributed by atoms with E-state index < -0.39 is 23.5 Å². The van der Waals surface area contributed by atoms with E-state index >= 15 is 0 Å². The second-order valence-corrected chi connectivity index (χ2v) is 10.4. The Bertz CT molecular complexity index is 1390. The molecular formula is C29H30ClFN2O5. The van der Waals surface area contributed by atoms with Crippen molar-refractivity contribution >= 4 is 45.9 Å². The number of rotatable bonds is 8. The largest absolute Gasteiger partial charge is 0.468 e. The highest BCUT2D eigenvalue weighted by molar-refractivity contribution is 6.46. The summed E-state index contributed by atoms with van der Waals surface area (Å²) in [5, 5.41) is 0.571. The van der Waals surface area contributed by atoms with Gasteiger partial charge in [-0.1, -0.05) is 37.6 Å². The van der Waals surface area contributed by atoms with Crippen LogP contribution in [0.1, 0.15) is 53.0 Å². The van der Waals surface area contributed by atoms with Gasteiger partial charge < -0.3 is 14.2 Å². The van der Waals surface area contributed by atoms with Gasteiger partial charge in [0.15, 0.2) is 0 Å². The molecule has 1 fully saturated rings. The van der Waals surface area contributed by atoms with Crippen LogP contribution >= 0.6 is 11.6 Å². The second-order valence-electron chi connectivity index (χ2n) is 10.0. The van der Waals surface area contributed by atoms with Gasteiger partial charge in [-0.2, -0.15) is 0 Å². The molecule has 0 bridgehead atoms. The molecule has 1 aliphatic rings. The lowest BCUT2D eigenvalue weighted by Crippen LogP contribution is -2.39. The van der Waals surface area contributed by atoms with Crippen LogP contribution in [-0.2, 0) is 27.3 Å². The van der Waals surface area contributed by atoms with Crippen molar-refractivity contribution in [1.29, 1.82) is 0 Å². The van der Waals surface area contributed by atoms with Crippen LogP contribution in [0.15, 0.2) is 42.6 Å². The van der Waals surface area contributed by atoms with E-state index in [1.54, 1.807) is 43.0 Å². The number of ketones is 2. The molecule has 1 amide bonds. The Morgan fingerprint density at radius 3 is 2.32 bits per heavy atom. The Morgan fingerprint density at radius 2 is 1.71 bits per heavy atom. The fraction of sp³-hybridized carbons (Fsp3) is 0.379. The van der Waals surface area contributed by atoms with E-state index in [4.69, 9.17) is 16.3 Å². The van der Waals surface area contributed by atoms with Crippen LogP contribution in [0.5, 0.6) is 0 Å². The lowest BCUT2D eigenvalue weighted by Gasteiger charge is -2.32. The summed E-state index contributed by atoms with van der Waals surface area (Å²) in [5.74, 6) is -2.43. The topological polar surface area (TPSA) is 85.7 Å². The first-order valence-corrected chi connectivity index (χ1v) is 13.0. The van der Waals surface area contributed by atoms with Crippen LogP contribution in [0, 0.1) is 17.7 Å². The summed E-state index contributed by atoms with van der Waals surface area (Å²) in [5.41, 5.74) is 1.87. The minimum atomic E-state index is -0.684. The summed E-state index contributed by atoms with van der Waals surface area (Å²) < 4.78 is 19.5. The minimum absolute atomic E-state index is 0.117. The molecule has 0 N–H and O–H groups in total. The number of piperidine rings is 1. The molecule has 200 valence electrons. The summed E-state index contributed by atoms with van der Waals surface area (Å²) in [7, 11) is 1.26. The Hall–Kier alpha value is -3.52. The predicted octanol–water partition coefficient (Wildman–Crippen LogP) is 5.11. The number of carbonyl (C=O) groups is 4. The molecule has 0 radical (unpaired) electrons. The van der Waals surface area contributed by atoms with Crippen molar-refractivity contribution in [2.75, 3.05) is 20.2 Å². The first kappa shape index (κ1) is 27.5. The van der Waals surface area contributed by atoms with Crippen LogP contribution < -0.4 is 0 Å². The molecule has 2 aromatic carbocycles. The molecule has 1 aromatic heterocycles. The van der Waals surface area contributed by atoms with Gasteiger partial charge in [-0.3, -0.25) is 19.2 Å². The highest BCUT2D eigenvalue weighted by Crippen LogP contribution is 2.31. The third-order valence-corrected chi connectivity index (χ3v) is 7.37. The van der Waals surface area contributed by atoms with E-state index in [1.807, 2.05) is 0 Å². The molecular weight excluding hydrogens is 511 g/mol. The molecule has 9 heteroatoms. The van der Waals surface area contributed by atoms with E-state index in [-0.39, 0.29) is 34.4 Å². The molecule has 1 aliphatic heterocycles. The molecule has 0 atom stereocenters. The minimum Gasteiger partial charge on any atom is -0.468 e. The van der Waals surface area contributed by atoms with Gasteiger partial charge in [0.05, 0.1) is 28.8 Å². The van der Waals surface area contributed by atoms with Gasteiger partial charge in [-0.25, -0.2) is 4.39 Å². The molecule has 0 spiro atoms. The van der Waals surface area contributed by atoms with Crippen molar-refractivity contribution in [3.63, 3.8) is 0 Å². The maximum atomic E-state index is 13.5. The predicted molar refractivity (Wildman–Crippen MR) is 142 cm³/mol. The number of likely N-dealkylation sites (tertiary alicyclic amines) is 1. The van der Waals surface area contributed by atoms with Gasteiger partial charge in [0, 0.05) is 30.6 Å². The van der Waals surface area contributed by atoms with Crippen molar-refractivity contribution in [1.82, 2.24) is 9.47 Å². The lowest BCUT2D eigenvalue weighted by atomic mass is 9.90. The molecule has 38 heavy (non-hydrogen) atoms. The van der Waals surface area contributed by atoms with E-state index in [1.165, 1.54) is 30.0 Å². The summed E-state index contributed by atoms with van der Waals surface area (Å²) in [6, 6.07) is 9.58. The zero-order chi connectivity index (χ0) is 27.6. The van der Waals surface area contributed by atoms with Gasteiger partial charge in [-0.15, -0.1) is 0 Å². The highest BCUT2D eigenvalue weighted by atomic mass is 35.5. The molecule has 0 aliphatic carbocycles. The van der Waals surface area contributed by atoms with E-state index in [0.717, 1.165) is 24.8 Å². The normalized spacial score (nSPS) is 14.2. The Balaban J connectivity index is 1.59. The number of benzene rings is 2. The number of carbonyl (C=O) groups excluding carboxylic acids is 4. The van der Waals surface area contributed by atoms with Gasteiger partial charge in [0.2, 0.25) is 11.6 Å². The number of Topliss-reactive ketones (excluding diaryl/α,β-unsaturated/α-hetero) is 2. The average Bonchev–Trinajstić information content (AvgIpc) is 3.25. The van der Waals surface area contributed by atoms with Crippen LogP contribution in [0.3, 0.4) is 0 Å². The first-order chi connectivity index (χ1) is 18.1. The summed E-state index contributed by atoms with van der Waals surface area (Å²) >= 11 is 6.55. The van der Waals surface area contributed by atoms with Crippen molar-refractivity contribution in [3.8, 4) is 0 Å². The number of esters is 1. The van der Waals surface area contributed by atoms with Crippen molar-refractivity contribution < 1.29 is 28.3 Å². The lowest BCUT2D eigenvalue weighted by molar-refractivity contribution is -0.141. The summed E-state index contributed by atoms with van der Waals surface area (Å²) in [4.78, 5) is 52.7. The number of methoxy groups -OCH3 is 1. The number of amides is 1. The fourth-order valence-corrected chi connectivity index (χ4v) is 5.09. The Morgan fingerprint density at radius 1 is 1.05 bits per heavy atom. The molecule has 4 rings (SSSR count). The van der Waals surface area contributed by atoms with Crippen molar-refractivity contribution in [3.05, 3.63) is 70.1 Å². The molecule has 3 aromatic rings. The van der Waals surface area contributed by atoms with Gasteiger partial charge in [-0.05, 0) is 55.0 Å². The third kappa shape index (κ3) is 5.80. The number of hydrogen-bond acceptors (Lipinski definition) is 5. The van der Waals surface area contributed by atoms with Gasteiger partial charge in [0.1, 0.15) is 12.4 Å². The molecule has 0 unspecified atom stereocenters. The standard InChI is InChI=1S/C29H30ClFN2O5/c1-17(2)27(35)28(36)23-15-33(16-26(34)38-3)25-14-24(30)22(13-21(23)25)29(37)32-10-8-19(9-11-32)12-18-4-6-20(31)7-5-18/h4-7,13-15,17,19H,8-12,16H2,1-3H3. The van der Waals surface area contributed by atoms with E-state index in [0.29, 0.717) is 29.9 Å². The van der Waals surface area contributed by atoms with Crippen LogP contribution in [0.25, 0.3) is 10.9 Å². The molecule has 7 nitrogen and oxygen atoms in total. The SMILES string of the molecule is COC(=O)Cn1cc(C(=O)C(=O)C(C)C)c2cc(C(=O)N3CCC(Cc4ccc(F)cc4)CC3)c(Cl)cc21. The zero-order valence-corrected chi connectivity index (χ0v) is 22.4. The summed E-state index contributed by atoms with van der Waals surface area (Å²) in [6.45, 7) is 4.18. The van der Waals surface area contributed by atoms with Crippen LogP contribution in [-0.4, -0.2) is 53.1 Å². The molecule has 2 heterocycles. The van der Waals surface area contributed by atoms with E-state index in [2.05, 4.69) is 0 Å². The second kappa shape index (κ2) is 11.5. The Kier molecular flexibility index (Phi) is 8.31. The van der Waals surface area contributed by atoms with Crippen molar-refractivity contribution in [2.24, 2.45) is 11.8 Å². The van der Waals surface area contributed by atoms with Crippen molar-refractivity contribution in [2.45, 2.75) is 39.7 Å². The number of halogens is 2. The molecule has 1 saturated heterocycles. The number of hydrogen-bond donors (Lipinski definition) is 0. The van der Waals surface area contributed by atoms with E-state index in [9.17, 15) is 23.6 Å². The van der Waals surface area contributed by atoms with Gasteiger partial charge >= 0.3 is 5.97 Å². The fourth-order valence-electron chi connectivity index (χ4n) is 4.85. The Labute approximate surface area is 225 Å². The smallest absolute Gasteiger partial charge is 0.325 e. The first-order valence-electron chi connectivity index (χ1n) is 12.6. The maximum absolute atomic E-state index is 13.5.